The Morgan fingerprint density at radius 3 is 2.25 bits per heavy atom. The summed E-state index contributed by atoms with van der Waals surface area (Å²) in [6, 6.07) is 8.76. The summed E-state index contributed by atoms with van der Waals surface area (Å²) in [5.41, 5.74) is 3.87. The number of methoxy groups -OCH3 is 1. The third-order valence-corrected chi connectivity index (χ3v) is 7.33. The number of rotatable bonds is 7. The highest BCUT2D eigenvalue weighted by atomic mass is 32.2. The van der Waals surface area contributed by atoms with Gasteiger partial charge in [-0.2, -0.15) is 0 Å². The number of carbonyl (C=O) groups is 1. The molecule has 0 fully saturated rings. The Balaban J connectivity index is 2.17. The van der Waals surface area contributed by atoms with Gasteiger partial charge in [0.2, 0.25) is 15.9 Å². The molecule has 0 aliphatic rings. The molecule has 0 radical (unpaired) electrons. The maximum absolute atomic E-state index is 12.5. The summed E-state index contributed by atoms with van der Waals surface area (Å²) < 4.78 is 31.3. The molecule has 28 heavy (non-hydrogen) atoms. The minimum Gasteiger partial charge on any atom is -0.495 e. The summed E-state index contributed by atoms with van der Waals surface area (Å²) in [6.45, 7) is 6.11. The zero-order chi connectivity index (χ0) is 21.1. The van der Waals surface area contributed by atoms with Crippen LogP contribution < -0.4 is 10.1 Å². The van der Waals surface area contributed by atoms with Gasteiger partial charge in [-0.1, -0.05) is 17.7 Å². The Labute approximate surface area is 171 Å². The number of nitrogens with zero attached hydrogens (tertiary/aromatic N) is 1. The van der Waals surface area contributed by atoms with E-state index in [1.165, 1.54) is 50.7 Å². The predicted molar refractivity (Wildman–Crippen MR) is 114 cm³/mol. The Morgan fingerprint density at radius 2 is 1.71 bits per heavy atom. The van der Waals surface area contributed by atoms with E-state index in [-0.39, 0.29) is 22.3 Å². The zero-order valence-electron chi connectivity index (χ0n) is 17.0. The van der Waals surface area contributed by atoms with Crippen LogP contribution in [0.15, 0.2) is 40.1 Å². The SMILES string of the molecule is COc1ccc(NC(=O)CSc2c(C)cc(C)cc2C)cc1S(=O)(=O)N(C)C. The molecule has 1 amide bonds. The van der Waals surface area contributed by atoms with Crippen molar-refractivity contribution in [3.05, 3.63) is 47.0 Å². The van der Waals surface area contributed by atoms with Crippen LogP contribution >= 0.6 is 11.8 Å². The maximum Gasteiger partial charge on any atom is 0.246 e. The van der Waals surface area contributed by atoms with Gasteiger partial charge in [0.15, 0.2) is 0 Å². The molecule has 2 aromatic carbocycles. The van der Waals surface area contributed by atoms with Crippen molar-refractivity contribution in [2.75, 3.05) is 32.3 Å². The van der Waals surface area contributed by atoms with E-state index >= 15 is 0 Å². The Kier molecular flexibility index (Phi) is 7.14. The molecule has 0 aliphatic carbocycles. The van der Waals surface area contributed by atoms with Crippen molar-refractivity contribution in [1.82, 2.24) is 4.31 Å². The molecule has 0 bridgehead atoms. The lowest BCUT2D eigenvalue weighted by Crippen LogP contribution is -2.23. The second-order valence-corrected chi connectivity index (χ2v) is 9.82. The third-order valence-electron chi connectivity index (χ3n) is 4.16. The first-order valence-electron chi connectivity index (χ1n) is 8.67. The molecule has 6 nitrogen and oxygen atoms in total. The smallest absolute Gasteiger partial charge is 0.246 e. The highest BCUT2D eigenvalue weighted by molar-refractivity contribution is 8.00. The number of thioether (sulfide) groups is 1. The van der Waals surface area contributed by atoms with Gasteiger partial charge in [0.25, 0.3) is 0 Å². The fourth-order valence-electron chi connectivity index (χ4n) is 2.88. The van der Waals surface area contributed by atoms with Gasteiger partial charge in [-0.25, -0.2) is 12.7 Å². The molecule has 0 saturated carbocycles. The molecule has 0 unspecified atom stereocenters. The summed E-state index contributed by atoms with van der Waals surface area (Å²) in [6.07, 6.45) is 0. The summed E-state index contributed by atoms with van der Waals surface area (Å²) in [4.78, 5) is 13.5. The summed E-state index contributed by atoms with van der Waals surface area (Å²) in [7, 11) is 0.606. The van der Waals surface area contributed by atoms with Crippen molar-refractivity contribution in [2.24, 2.45) is 0 Å². The van der Waals surface area contributed by atoms with Gasteiger partial charge in [-0.15, -0.1) is 11.8 Å². The van der Waals surface area contributed by atoms with E-state index in [4.69, 9.17) is 4.74 Å². The number of hydrogen-bond donors (Lipinski definition) is 1. The van der Waals surface area contributed by atoms with Gasteiger partial charge in [0.1, 0.15) is 10.6 Å². The average molecular weight is 423 g/mol. The number of anilines is 1. The largest absolute Gasteiger partial charge is 0.495 e. The van der Waals surface area contributed by atoms with Crippen LogP contribution in [0.3, 0.4) is 0 Å². The highest BCUT2D eigenvalue weighted by Crippen LogP contribution is 2.30. The van der Waals surface area contributed by atoms with Crippen LogP contribution in [0.5, 0.6) is 5.75 Å². The molecule has 152 valence electrons. The number of hydrogen-bond acceptors (Lipinski definition) is 5. The number of ether oxygens (including phenoxy) is 1. The Bertz CT molecular complexity index is 963. The Morgan fingerprint density at radius 1 is 1.11 bits per heavy atom. The topological polar surface area (TPSA) is 75.7 Å². The van der Waals surface area contributed by atoms with Crippen molar-refractivity contribution in [2.45, 2.75) is 30.6 Å². The first kappa shape index (κ1) is 22.3. The fraction of sp³-hybridized carbons (Fsp3) is 0.350. The van der Waals surface area contributed by atoms with Gasteiger partial charge in [0.05, 0.1) is 12.9 Å². The molecule has 0 aromatic heterocycles. The molecule has 0 atom stereocenters. The van der Waals surface area contributed by atoms with Gasteiger partial charge in [0, 0.05) is 24.7 Å². The van der Waals surface area contributed by atoms with Gasteiger partial charge in [-0.3, -0.25) is 4.79 Å². The monoisotopic (exact) mass is 422 g/mol. The molecule has 1 N–H and O–H groups in total. The molecule has 2 rings (SSSR count). The number of nitrogens with one attached hydrogen (secondary N) is 1. The minimum absolute atomic E-state index is 0.00989. The normalized spacial score (nSPS) is 11.5. The molecule has 0 aliphatic heterocycles. The van der Waals surface area contributed by atoms with Crippen molar-refractivity contribution in [3.63, 3.8) is 0 Å². The van der Waals surface area contributed by atoms with E-state index < -0.39 is 10.0 Å². The molecule has 0 spiro atoms. The number of amides is 1. The van der Waals surface area contributed by atoms with E-state index in [1.807, 2.05) is 20.8 Å². The van der Waals surface area contributed by atoms with Crippen LogP contribution in [0.25, 0.3) is 0 Å². The molecular formula is C20H26N2O4S2. The van der Waals surface area contributed by atoms with Crippen LogP contribution in [-0.2, 0) is 14.8 Å². The van der Waals surface area contributed by atoms with E-state index in [9.17, 15) is 13.2 Å². The first-order valence-corrected chi connectivity index (χ1v) is 11.1. The van der Waals surface area contributed by atoms with E-state index in [2.05, 4.69) is 17.4 Å². The van der Waals surface area contributed by atoms with Crippen LogP contribution in [0.1, 0.15) is 16.7 Å². The molecule has 2 aromatic rings. The molecular weight excluding hydrogens is 396 g/mol. The van der Waals surface area contributed by atoms with Gasteiger partial charge < -0.3 is 10.1 Å². The first-order chi connectivity index (χ1) is 13.1. The second-order valence-electron chi connectivity index (χ2n) is 6.72. The second kappa shape index (κ2) is 8.98. The predicted octanol–water partition coefficient (Wildman–Crippen LogP) is 3.60. The van der Waals surface area contributed by atoms with E-state index in [0.717, 1.165) is 20.3 Å². The molecule has 0 heterocycles. The maximum atomic E-state index is 12.5. The summed E-state index contributed by atoms with van der Waals surface area (Å²) in [5, 5.41) is 2.77. The van der Waals surface area contributed by atoms with Crippen molar-refractivity contribution in [3.8, 4) is 5.75 Å². The number of sulfonamides is 1. The van der Waals surface area contributed by atoms with Gasteiger partial charge in [-0.05, 0) is 50.1 Å². The quantitative estimate of drug-likeness (QED) is 0.690. The van der Waals surface area contributed by atoms with Crippen LogP contribution in [-0.4, -0.2) is 45.6 Å². The van der Waals surface area contributed by atoms with Crippen molar-refractivity contribution < 1.29 is 17.9 Å². The Hall–Kier alpha value is -2.03. The lowest BCUT2D eigenvalue weighted by atomic mass is 10.1. The summed E-state index contributed by atoms with van der Waals surface area (Å²) in [5.74, 6) is 0.252. The lowest BCUT2D eigenvalue weighted by molar-refractivity contribution is -0.113. The minimum atomic E-state index is -3.70. The number of aryl methyl sites for hydroxylation is 3. The standard InChI is InChI=1S/C20H26N2O4S2/c1-13-9-14(2)20(15(3)10-13)27-12-19(23)21-16-7-8-17(26-6)18(11-16)28(24,25)22(4)5/h7-11H,12H2,1-6H3,(H,21,23). The number of benzene rings is 2. The lowest BCUT2D eigenvalue weighted by Gasteiger charge is -2.16. The van der Waals surface area contributed by atoms with E-state index in [1.54, 1.807) is 6.07 Å². The average Bonchev–Trinajstić information content (AvgIpc) is 2.60. The van der Waals surface area contributed by atoms with Crippen molar-refractivity contribution in [1.29, 1.82) is 0 Å². The molecule has 0 saturated heterocycles. The fourth-order valence-corrected chi connectivity index (χ4v) is 4.88. The third kappa shape index (κ3) is 5.06. The van der Waals surface area contributed by atoms with E-state index in [0.29, 0.717) is 5.69 Å². The summed E-state index contributed by atoms with van der Waals surface area (Å²) >= 11 is 1.47. The van der Waals surface area contributed by atoms with Gasteiger partial charge >= 0.3 is 0 Å². The van der Waals surface area contributed by atoms with Crippen LogP contribution in [0.2, 0.25) is 0 Å². The number of carbonyl (C=O) groups excluding carboxylic acids is 1. The zero-order valence-corrected chi connectivity index (χ0v) is 18.6. The highest BCUT2D eigenvalue weighted by Gasteiger charge is 2.23. The van der Waals surface area contributed by atoms with Crippen LogP contribution in [0, 0.1) is 20.8 Å². The molecule has 8 heteroatoms. The van der Waals surface area contributed by atoms with Crippen molar-refractivity contribution >= 4 is 33.4 Å². The van der Waals surface area contributed by atoms with Crippen LogP contribution in [0.4, 0.5) is 5.69 Å².